The molecule has 2 rings (SSSR count). The summed E-state index contributed by atoms with van der Waals surface area (Å²) in [5, 5.41) is 2.18. The molecule has 0 aromatic heterocycles. The van der Waals surface area contributed by atoms with Gasteiger partial charge in [-0.3, -0.25) is 0 Å². The van der Waals surface area contributed by atoms with Gasteiger partial charge in [0.2, 0.25) is 5.82 Å². The molecule has 0 saturated carbocycles. The Labute approximate surface area is 111 Å². The highest BCUT2D eigenvalue weighted by atomic mass is 19.2. The van der Waals surface area contributed by atoms with E-state index in [2.05, 4.69) is 5.32 Å². The lowest BCUT2D eigenvalue weighted by Crippen LogP contribution is -2.07. The van der Waals surface area contributed by atoms with Crippen molar-refractivity contribution in [1.29, 1.82) is 0 Å². The lowest BCUT2D eigenvalue weighted by Gasteiger charge is -2.13. The van der Waals surface area contributed by atoms with Crippen LogP contribution < -0.4 is 11.1 Å². The Balaban J connectivity index is 2.57. The standard InChI is InChI=1S/C13H9F5N2/c1-5-6(19)3-2-4-7(5)20-13-11(17)9(15)8(14)10(16)12(13)18/h2-4,20H,19H2,1H3. The first-order chi connectivity index (χ1) is 9.34. The first-order valence-corrected chi connectivity index (χ1v) is 5.48. The van der Waals surface area contributed by atoms with Gasteiger partial charge in [-0.05, 0) is 24.6 Å². The molecule has 0 aliphatic heterocycles. The number of anilines is 3. The van der Waals surface area contributed by atoms with Crippen molar-refractivity contribution >= 4 is 17.1 Å². The first kappa shape index (κ1) is 14.1. The zero-order chi connectivity index (χ0) is 15.0. The maximum atomic E-state index is 13.5. The predicted octanol–water partition coefficient (Wildman–Crippen LogP) is 4.02. The van der Waals surface area contributed by atoms with Gasteiger partial charge in [-0.15, -0.1) is 0 Å². The summed E-state index contributed by atoms with van der Waals surface area (Å²) in [5.41, 5.74) is 5.38. The van der Waals surface area contributed by atoms with E-state index in [4.69, 9.17) is 5.73 Å². The molecular formula is C13H9F5N2. The fraction of sp³-hybridized carbons (Fsp3) is 0.0769. The zero-order valence-electron chi connectivity index (χ0n) is 10.2. The van der Waals surface area contributed by atoms with Gasteiger partial charge in [0.15, 0.2) is 23.3 Å². The molecule has 0 aliphatic carbocycles. The minimum atomic E-state index is -2.20. The van der Waals surface area contributed by atoms with Crippen LogP contribution in [0.1, 0.15) is 5.56 Å². The molecule has 0 fully saturated rings. The minimum Gasteiger partial charge on any atom is -0.398 e. The summed E-state index contributed by atoms with van der Waals surface area (Å²) in [7, 11) is 0. The second kappa shape index (κ2) is 4.99. The molecular weight excluding hydrogens is 279 g/mol. The van der Waals surface area contributed by atoms with Crippen LogP contribution in [0.5, 0.6) is 0 Å². The van der Waals surface area contributed by atoms with Crippen LogP contribution in [0.25, 0.3) is 0 Å². The molecule has 2 aromatic rings. The van der Waals surface area contributed by atoms with Crippen molar-refractivity contribution in [1.82, 2.24) is 0 Å². The smallest absolute Gasteiger partial charge is 0.200 e. The number of hydrogen-bond donors (Lipinski definition) is 2. The molecule has 0 unspecified atom stereocenters. The van der Waals surface area contributed by atoms with E-state index in [0.29, 0.717) is 11.3 Å². The van der Waals surface area contributed by atoms with E-state index in [1.54, 1.807) is 13.0 Å². The molecule has 0 aliphatic rings. The number of rotatable bonds is 2. The highest BCUT2D eigenvalue weighted by Crippen LogP contribution is 2.31. The van der Waals surface area contributed by atoms with Gasteiger partial charge in [0, 0.05) is 11.4 Å². The Morgan fingerprint density at radius 1 is 0.850 bits per heavy atom. The van der Waals surface area contributed by atoms with Crippen molar-refractivity contribution < 1.29 is 22.0 Å². The van der Waals surface area contributed by atoms with Crippen LogP contribution in [0.15, 0.2) is 18.2 Å². The number of nitrogen functional groups attached to an aromatic ring is 1. The Morgan fingerprint density at radius 2 is 1.35 bits per heavy atom. The average Bonchev–Trinajstić information content (AvgIpc) is 2.43. The van der Waals surface area contributed by atoms with Crippen molar-refractivity contribution in [2.24, 2.45) is 0 Å². The first-order valence-electron chi connectivity index (χ1n) is 5.48. The van der Waals surface area contributed by atoms with Crippen LogP contribution >= 0.6 is 0 Å². The second-order valence-corrected chi connectivity index (χ2v) is 4.09. The molecule has 2 nitrogen and oxygen atoms in total. The summed E-state index contributed by atoms with van der Waals surface area (Å²) in [6.45, 7) is 1.55. The predicted molar refractivity (Wildman–Crippen MR) is 65.1 cm³/mol. The van der Waals surface area contributed by atoms with Gasteiger partial charge in [0.05, 0.1) is 0 Å². The molecule has 0 heterocycles. The highest BCUT2D eigenvalue weighted by Gasteiger charge is 2.26. The quantitative estimate of drug-likeness (QED) is 0.379. The normalized spacial score (nSPS) is 10.7. The third kappa shape index (κ3) is 2.15. The Hall–Kier alpha value is -2.31. The summed E-state index contributed by atoms with van der Waals surface area (Å²) in [5.74, 6) is -10.1. The van der Waals surface area contributed by atoms with Crippen molar-refractivity contribution in [3.05, 3.63) is 52.8 Å². The van der Waals surface area contributed by atoms with Crippen LogP contribution in [0.3, 0.4) is 0 Å². The Bertz CT molecular complexity index is 656. The maximum absolute atomic E-state index is 13.5. The largest absolute Gasteiger partial charge is 0.398 e. The van der Waals surface area contributed by atoms with E-state index in [1.165, 1.54) is 12.1 Å². The summed E-state index contributed by atoms with van der Waals surface area (Å²) in [6.07, 6.45) is 0. The van der Waals surface area contributed by atoms with E-state index in [0.717, 1.165) is 0 Å². The van der Waals surface area contributed by atoms with Crippen LogP contribution in [0.2, 0.25) is 0 Å². The molecule has 3 N–H and O–H groups in total. The van der Waals surface area contributed by atoms with E-state index in [1.807, 2.05) is 0 Å². The molecule has 106 valence electrons. The van der Waals surface area contributed by atoms with E-state index >= 15 is 0 Å². The van der Waals surface area contributed by atoms with Gasteiger partial charge >= 0.3 is 0 Å². The topological polar surface area (TPSA) is 38.0 Å². The van der Waals surface area contributed by atoms with Crippen molar-refractivity contribution in [3.8, 4) is 0 Å². The Kier molecular flexibility index (Phi) is 3.52. The van der Waals surface area contributed by atoms with Crippen molar-refractivity contribution in [2.45, 2.75) is 6.92 Å². The molecule has 0 radical (unpaired) electrons. The average molecular weight is 288 g/mol. The van der Waals surface area contributed by atoms with E-state index in [9.17, 15) is 22.0 Å². The fourth-order valence-electron chi connectivity index (χ4n) is 1.64. The van der Waals surface area contributed by atoms with Gasteiger partial charge in [0.25, 0.3) is 0 Å². The molecule has 2 aromatic carbocycles. The molecule has 0 spiro atoms. The molecule has 0 atom stereocenters. The van der Waals surface area contributed by atoms with Gasteiger partial charge in [-0.25, -0.2) is 22.0 Å². The summed E-state index contributed by atoms with van der Waals surface area (Å²) in [6, 6.07) is 4.43. The van der Waals surface area contributed by atoms with E-state index in [-0.39, 0.29) is 5.69 Å². The number of hydrogen-bond acceptors (Lipinski definition) is 2. The van der Waals surface area contributed by atoms with Gasteiger partial charge < -0.3 is 11.1 Å². The SMILES string of the molecule is Cc1c(N)cccc1Nc1c(F)c(F)c(F)c(F)c1F. The third-order valence-electron chi connectivity index (χ3n) is 2.85. The summed E-state index contributed by atoms with van der Waals surface area (Å²) >= 11 is 0. The number of benzene rings is 2. The van der Waals surface area contributed by atoms with E-state index < -0.39 is 34.8 Å². The maximum Gasteiger partial charge on any atom is 0.200 e. The molecule has 0 saturated heterocycles. The monoisotopic (exact) mass is 288 g/mol. The number of nitrogens with one attached hydrogen (secondary N) is 1. The fourth-order valence-corrected chi connectivity index (χ4v) is 1.64. The third-order valence-corrected chi connectivity index (χ3v) is 2.85. The molecule has 7 heteroatoms. The van der Waals surface area contributed by atoms with Crippen molar-refractivity contribution in [2.75, 3.05) is 11.1 Å². The number of nitrogens with two attached hydrogens (primary N) is 1. The van der Waals surface area contributed by atoms with Gasteiger partial charge in [0.1, 0.15) is 5.69 Å². The Morgan fingerprint density at radius 3 is 1.90 bits per heavy atom. The van der Waals surface area contributed by atoms with Crippen LogP contribution in [0, 0.1) is 36.0 Å². The highest BCUT2D eigenvalue weighted by molar-refractivity contribution is 5.69. The van der Waals surface area contributed by atoms with Crippen LogP contribution in [-0.2, 0) is 0 Å². The number of halogens is 5. The lowest BCUT2D eigenvalue weighted by atomic mass is 10.1. The zero-order valence-corrected chi connectivity index (χ0v) is 10.2. The van der Waals surface area contributed by atoms with Gasteiger partial charge in [-0.1, -0.05) is 6.07 Å². The molecule has 20 heavy (non-hydrogen) atoms. The molecule has 0 bridgehead atoms. The van der Waals surface area contributed by atoms with Gasteiger partial charge in [-0.2, -0.15) is 0 Å². The second-order valence-electron chi connectivity index (χ2n) is 4.09. The molecule has 0 amide bonds. The van der Waals surface area contributed by atoms with Crippen LogP contribution in [-0.4, -0.2) is 0 Å². The van der Waals surface area contributed by atoms with Crippen LogP contribution in [0.4, 0.5) is 39.0 Å². The summed E-state index contributed by atoms with van der Waals surface area (Å²) < 4.78 is 66.0. The lowest BCUT2D eigenvalue weighted by molar-refractivity contribution is 0.382. The van der Waals surface area contributed by atoms with Crippen molar-refractivity contribution in [3.63, 3.8) is 0 Å². The minimum absolute atomic E-state index is 0.146. The summed E-state index contributed by atoms with van der Waals surface area (Å²) in [4.78, 5) is 0.